The molecular formula is C15H23NO2. The Kier molecular flexibility index (Phi) is 5.35. The van der Waals surface area contributed by atoms with Gasteiger partial charge in [0.25, 0.3) is 0 Å². The molecule has 1 unspecified atom stereocenters. The number of nitrogens with two attached hydrogens (primary N) is 1. The molecule has 3 N–H and O–H groups in total. The predicted octanol–water partition coefficient (Wildman–Crippen LogP) is 2.79. The smallest absolute Gasteiger partial charge is 0.315 e. The van der Waals surface area contributed by atoms with Gasteiger partial charge in [0.05, 0.1) is 0 Å². The number of carboxylic acids is 1. The highest BCUT2D eigenvalue weighted by molar-refractivity contribution is 5.81. The van der Waals surface area contributed by atoms with Crippen LogP contribution < -0.4 is 5.73 Å². The first-order chi connectivity index (χ1) is 8.60. The summed E-state index contributed by atoms with van der Waals surface area (Å²) in [6.07, 6.45) is 2.58. The molecule has 0 heterocycles. The van der Waals surface area contributed by atoms with Crippen molar-refractivity contribution in [3.63, 3.8) is 0 Å². The molecule has 0 saturated carbocycles. The second-order valence-corrected chi connectivity index (χ2v) is 4.84. The Morgan fingerprint density at radius 2 is 1.83 bits per heavy atom. The number of hydrogen-bond acceptors (Lipinski definition) is 2. The zero-order valence-corrected chi connectivity index (χ0v) is 11.2. The van der Waals surface area contributed by atoms with Crippen molar-refractivity contribution in [2.75, 3.05) is 6.54 Å². The monoisotopic (exact) mass is 249 g/mol. The summed E-state index contributed by atoms with van der Waals surface area (Å²) in [5, 5.41) is 9.64. The van der Waals surface area contributed by atoms with Gasteiger partial charge in [0, 0.05) is 6.54 Å². The molecule has 0 spiro atoms. The second-order valence-electron chi connectivity index (χ2n) is 4.84. The van der Waals surface area contributed by atoms with Crippen LogP contribution in [0.5, 0.6) is 0 Å². The van der Waals surface area contributed by atoms with Gasteiger partial charge in [-0.25, -0.2) is 0 Å². The van der Waals surface area contributed by atoms with Crippen molar-refractivity contribution in [3.8, 4) is 0 Å². The number of carbonyl (C=O) groups is 1. The maximum Gasteiger partial charge on any atom is 0.315 e. The SMILES string of the molecule is CCC(CC)CC(CN)(C(=O)O)c1ccccc1. The Morgan fingerprint density at radius 1 is 1.28 bits per heavy atom. The minimum Gasteiger partial charge on any atom is -0.481 e. The van der Waals surface area contributed by atoms with E-state index in [0.29, 0.717) is 12.3 Å². The summed E-state index contributed by atoms with van der Waals surface area (Å²) in [7, 11) is 0. The number of benzene rings is 1. The largest absolute Gasteiger partial charge is 0.481 e. The molecule has 0 amide bonds. The first-order valence-electron chi connectivity index (χ1n) is 6.59. The fourth-order valence-electron chi connectivity index (χ4n) is 2.44. The minimum atomic E-state index is -0.946. The topological polar surface area (TPSA) is 63.3 Å². The van der Waals surface area contributed by atoms with Crippen molar-refractivity contribution in [2.45, 2.75) is 38.5 Å². The lowest BCUT2D eigenvalue weighted by Crippen LogP contribution is -2.44. The first-order valence-corrected chi connectivity index (χ1v) is 6.59. The highest BCUT2D eigenvalue weighted by Crippen LogP contribution is 2.33. The van der Waals surface area contributed by atoms with Crippen molar-refractivity contribution in [1.29, 1.82) is 0 Å². The van der Waals surface area contributed by atoms with Gasteiger partial charge in [-0.05, 0) is 17.9 Å². The van der Waals surface area contributed by atoms with Crippen LogP contribution in [0.15, 0.2) is 30.3 Å². The third kappa shape index (κ3) is 2.91. The lowest BCUT2D eigenvalue weighted by atomic mass is 9.72. The minimum absolute atomic E-state index is 0.142. The summed E-state index contributed by atoms with van der Waals surface area (Å²) < 4.78 is 0. The van der Waals surface area contributed by atoms with Gasteiger partial charge in [0.15, 0.2) is 0 Å². The molecule has 3 nitrogen and oxygen atoms in total. The average molecular weight is 249 g/mol. The molecule has 0 aliphatic rings. The molecule has 1 aromatic rings. The van der Waals surface area contributed by atoms with E-state index in [4.69, 9.17) is 5.73 Å². The Morgan fingerprint density at radius 3 is 2.22 bits per heavy atom. The number of hydrogen-bond donors (Lipinski definition) is 2. The number of rotatable bonds is 7. The molecule has 3 heteroatoms. The normalized spacial score (nSPS) is 14.4. The molecule has 1 rings (SSSR count). The summed E-state index contributed by atoms with van der Waals surface area (Å²) in [6, 6.07) is 9.36. The molecule has 18 heavy (non-hydrogen) atoms. The highest BCUT2D eigenvalue weighted by atomic mass is 16.4. The maximum absolute atomic E-state index is 11.7. The highest BCUT2D eigenvalue weighted by Gasteiger charge is 2.40. The van der Waals surface area contributed by atoms with Gasteiger partial charge in [0.1, 0.15) is 5.41 Å². The van der Waals surface area contributed by atoms with Gasteiger partial charge in [-0.3, -0.25) is 4.79 Å². The quantitative estimate of drug-likeness (QED) is 0.781. The lowest BCUT2D eigenvalue weighted by Gasteiger charge is -2.32. The number of carboxylic acid groups (broad SMARTS) is 1. The van der Waals surface area contributed by atoms with Crippen molar-refractivity contribution >= 4 is 5.97 Å². The van der Waals surface area contributed by atoms with E-state index in [2.05, 4.69) is 13.8 Å². The molecule has 0 aliphatic heterocycles. The van der Waals surface area contributed by atoms with Gasteiger partial charge in [0.2, 0.25) is 0 Å². The van der Waals surface area contributed by atoms with Crippen LogP contribution in [-0.2, 0) is 10.2 Å². The van der Waals surface area contributed by atoms with E-state index in [-0.39, 0.29) is 6.54 Å². The summed E-state index contributed by atoms with van der Waals surface area (Å²) in [6.45, 7) is 4.34. The molecule has 1 atom stereocenters. The van der Waals surface area contributed by atoms with Gasteiger partial charge in [-0.15, -0.1) is 0 Å². The van der Waals surface area contributed by atoms with Crippen LogP contribution in [-0.4, -0.2) is 17.6 Å². The average Bonchev–Trinajstić information content (AvgIpc) is 2.41. The fraction of sp³-hybridized carbons (Fsp3) is 0.533. The molecule has 0 radical (unpaired) electrons. The molecule has 0 fully saturated rings. The van der Waals surface area contributed by atoms with E-state index >= 15 is 0 Å². The van der Waals surface area contributed by atoms with Gasteiger partial charge >= 0.3 is 5.97 Å². The Labute approximate surface area is 109 Å². The van der Waals surface area contributed by atoms with Crippen LogP contribution in [0, 0.1) is 5.92 Å². The fourth-order valence-corrected chi connectivity index (χ4v) is 2.44. The van der Waals surface area contributed by atoms with Crippen LogP contribution in [0.25, 0.3) is 0 Å². The van der Waals surface area contributed by atoms with Crippen molar-refractivity contribution in [2.24, 2.45) is 11.7 Å². The summed E-state index contributed by atoms with van der Waals surface area (Å²) in [5.41, 5.74) is 5.68. The third-order valence-corrected chi connectivity index (χ3v) is 3.88. The first kappa shape index (κ1) is 14.7. The summed E-state index contributed by atoms with van der Waals surface area (Å²) in [5.74, 6) is -0.423. The molecule has 0 aromatic heterocycles. The predicted molar refractivity (Wildman–Crippen MR) is 73.5 cm³/mol. The van der Waals surface area contributed by atoms with Crippen molar-refractivity contribution in [1.82, 2.24) is 0 Å². The van der Waals surface area contributed by atoms with E-state index in [1.807, 2.05) is 30.3 Å². The van der Waals surface area contributed by atoms with E-state index in [0.717, 1.165) is 18.4 Å². The van der Waals surface area contributed by atoms with Gasteiger partial charge < -0.3 is 10.8 Å². The Hall–Kier alpha value is -1.35. The summed E-state index contributed by atoms with van der Waals surface area (Å²) in [4.78, 5) is 11.7. The van der Waals surface area contributed by atoms with Crippen molar-refractivity contribution < 1.29 is 9.90 Å². The maximum atomic E-state index is 11.7. The second kappa shape index (κ2) is 6.55. The lowest BCUT2D eigenvalue weighted by molar-refractivity contribution is -0.144. The standard InChI is InChI=1S/C15H23NO2/c1-3-12(4-2)10-15(11-16,14(17)18)13-8-6-5-7-9-13/h5-9,12H,3-4,10-11,16H2,1-2H3,(H,17,18). The summed E-state index contributed by atoms with van der Waals surface area (Å²) >= 11 is 0. The third-order valence-electron chi connectivity index (χ3n) is 3.88. The van der Waals surface area contributed by atoms with Crippen LogP contribution in [0.2, 0.25) is 0 Å². The zero-order chi connectivity index (χ0) is 13.6. The molecule has 0 bridgehead atoms. The van der Waals surface area contributed by atoms with Gasteiger partial charge in [-0.1, -0.05) is 57.0 Å². The van der Waals surface area contributed by atoms with Crippen LogP contribution in [0.1, 0.15) is 38.7 Å². The van der Waals surface area contributed by atoms with Crippen LogP contribution in [0.3, 0.4) is 0 Å². The Bertz CT molecular complexity index is 373. The van der Waals surface area contributed by atoms with Crippen molar-refractivity contribution in [3.05, 3.63) is 35.9 Å². The molecule has 1 aromatic carbocycles. The molecule has 100 valence electrons. The number of aliphatic carboxylic acids is 1. The Balaban J connectivity index is 3.14. The molecular weight excluding hydrogens is 226 g/mol. The van der Waals surface area contributed by atoms with Crippen LogP contribution in [0.4, 0.5) is 0 Å². The zero-order valence-electron chi connectivity index (χ0n) is 11.2. The van der Waals surface area contributed by atoms with E-state index in [1.54, 1.807) is 0 Å². The van der Waals surface area contributed by atoms with E-state index in [1.165, 1.54) is 0 Å². The van der Waals surface area contributed by atoms with E-state index < -0.39 is 11.4 Å². The van der Waals surface area contributed by atoms with Crippen LogP contribution >= 0.6 is 0 Å². The van der Waals surface area contributed by atoms with E-state index in [9.17, 15) is 9.90 Å². The molecule has 0 aliphatic carbocycles. The molecule has 0 saturated heterocycles. The van der Waals surface area contributed by atoms with Gasteiger partial charge in [-0.2, -0.15) is 0 Å².